The van der Waals surface area contributed by atoms with Crippen LogP contribution >= 0.6 is 0 Å². The molecule has 1 fully saturated rings. The van der Waals surface area contributed by atoms with Gasteiger partial charge in [0.2, 0.25) is 0 Å². The zero-order valence-corrected chi connectivity index (χ0v) is 16.5. The number of hydrogen-bond acceptors (Lipinski definition) is 5. The second-order valence-corrected chi connectivity index (χ2v) is 6.80. The maximum absolute atomic E-state index is 12.4. The van der Waals surface area contributed by atoms with Crippen molar-refractivity contribution >= 4 is 17.8 Å². The van der Waals surface area contributed by atoms with E-state index < -0.39 is 5.92 Å². The summed E-state index contributed by atoms with van der Waals surface area (Å²) in [6.45, 7) is 5.00. The second kappa shape index (κ2) is 10.0. The summed E-state index contributed by atoms with van der Waals surface area (Å²) in [6, 6.07) is 5.59. The van der Waals surface area contributed by atoms with Crippen molar-refractivity contribution in [1.29, 1.82) is 0 Å². The topological polar surface area (TPSA) is 49.3 Å². The zero-order valence-electron chi connectivity index (χ0n) is 16.5. The van der Waals surface area contributed by atoms with E-state index in [1.54, 1.807) is 24.7 Å². The van der Waals surface area contributed by atoms with E-state index in [4.69, 9.17) is 0 Å². The molecule has 0 aromatic carbocycles. The molecular formula is C21H26F2N4O. The summed E-state index contributed by atoms with van der Waals surface area (Å²) in [5, 5.41) is 0. The molecule has 28 heavy (non-hydrogen) atoms. The number of aryl methyl sites for hydroxylation is 1. The van der Waals surface area contributed by atoms with Crippen molar-refractivity contribution in [1.82, 2.24) is 14.9 Å². The number of rotatable bonds is 4. The molecule has 0 radical (unpaired) electrons. The highest BCUT2D eigenvalue weighted by atomic mass is 19.3. The molecular weight excluding hydrogens is 362 g/mol. The number of carbonyl (C=O) groups excluding carboxylic acids is 1. The minimum Gasteiger partial charge on any atom is -0.306 e. The lowest BCUT2D eigenvalue weighted by Gasteiger charge is -2.28. The maximum Gasteiger partial charge on any atom is 0.250 e. The molecule has 5 nitrogen and oxygen atoms in total. The van der Waals surface area contributed by atoms with Crippen molar-refractivity contribution in [3.05, 3.63) is 60.2 Å². The molecule has 0 N–H and O–H groups in total. The average Bonchev–Trinajstić information content (AvgIpc) is 2.69. The SMILES string of the molecule is C/C=C\N(c1cncc(C)c1)c1ccc(C=O)cn1.CN1CCC(F)(F)CC1. The van der Waals surface area contributed by atoms with Gasteiger partial charge in [0.25, 0.3) is 5.92 Å². The van der Waals surface area contributed by atoms with E-state index in [9.17, 15) is 13.6 Å². The number of hydrogen-bond donors (Lipinski definition) is 0. The van der Waals surface area contributed by atoms with Crippen molar-refractivity contribution in [2.45, 2.75) is 32.6 Å². The number of aldehydes is 1. The summed E-state index contributed by atoms with van der Waals surface area (Å²) in [7, 11) is 1.87. The molecule has 0 amide bonds. The van der Waals surface area contributed by atoms with E-state index in [1.165, 1.54) is 0 Å². The largest absolute Gasteiger partial charge is 0.306 e. The van der Waals surface area contributed by atoms with Gasteiger partial charge in [0.05, 0.1) is 11.9 Å². The summed E-state index contributed by atoms with van der Waals surface area (Å²) in [5.41, 5.74) is 2.58. The van der Waals surface area contributed by atoms with Crippen molar-refractivity contribution < 1.29 is 13.6 Å². The smallest absolute Gasteiger partial charge is 0.250 e. The van der Waals surface area contributed by atoms with Gasteiger partial charge in [-0.2, -0.15) is 0 Å². The molecule has 150 valence electrons. The summed E-state index contributed by atoms with van der Waals surface area (Å²) in [5.74, 6) is -1.64. The third-order valence-corrected chi connectivity index (χ3v) is 4.31. The quantitative estimate of drug-likeness (QED) is 0.716. The van der Waals surface area contributed by atoms with E-state index in [1.807, 2.05) is 55.1 Å². The zero-order chi connectivity index (χ0) is 20.6. The van der Waals surface area contributed by atoms with Crippen LogP contribution in [0.3, 0.4) is 0 Å². The predicted molar refractivity (Wildman–Crippen MR) is 107 cm³/mol. The van der Waals surface area contributed by atoms with Crippen LogP contribution in [0.2, 0.25) is 0 Å². The number of allylic oxidation sites excluding steroid dienone is 1. The van der Waals surface area contributed by atoms with Crippen molar-refractivity contribution in [2.24, 2.45) is 0 Å². The Morgan fingerprint density at radius 3 is 2.39 bits per heavy atom. The van der Waals surface area contributed by atoms with Gasteiger partial charge in [-0.3, -0.25) is 9.78 Å². The van der Waals surface area contributed by atoms with Crippen LogP contribution in [0.4, 0.5) is 20.3 Å². The minimum absolute atomic E-state index is 0.0312. The monoisotopic (exact) mass is 388 g/mol. The lowest BCUT2D eigenvalue weighted by molar-refractivity contribution is -0.0504. The first-order valence-corrected chi connectivity index (χ1v) is 9.16. The molecule has 2 aromatic heterocycles. The molecule has 2 aromatic rings. The van der Waals surface area contributed by atoms with Crippen LogP contribution in [-0.2, 0) is 0 Å². The van der Waals surface area contributed by atoms with Gasteiger partial charge in [-0.05, 0) is 44.7 Å². The molecule has 1 saturated heterocycles. The van der Waals surface area contributed by atoms with E-state index in [0.717, 1.165) is 23.4 Å². The molecule has 3 rings (SSSR count). The van der Waals surface area contributed by atoms with Crippen LogP contribution in [0.25, 0.3) is 0 Å². The Hall–Kier alpha value is -2.67. The van der Waals surface area contributed by atoms with Gasteiger partial charge in [0, 0.05) is 50.1 Å². The highest BCUT2D eigenvalue weighted by molar-refractivity contribution is 5.75. The molecule has 7 heteroatoms. The van der Waals surface area contributed by atoms with Crippen molar-refractivity contribution in [2.75, 3.05) is 25.0 Å². The number of pyridine rings is 2. The van der Waals surface area contributed by atoms with E-state index in [2.05, 4.69) is 9.97 Å². The fraction of sp³-hybridized carbons (Fsp3) is 0.381. The molecule has 0 atom stereocenters. The summed E-state index contributed by atoms with van der Waals surface area (Å²) >= 11 is 0. The first kappa shape index (κ1) is 21.6. The number of alkyl halides is 2. The fourth-order valence-electron chi connectivity index (χ4n) is 2.67. The molecule has 0 saturated carbocycles. The number of carbonyl (C=O) groups is 1. The molecule has 0 spiro atoms. The van der Waals surface area contributed by atoms with Gasteiger partial charge in [-0.1, -0.05) is 6.08 Å². The van der Waals surface area contributed by atoms with Gasteiger partial charge in [-0.15, -0.1) is 0 Å². The third-order valence-electron chi connectivity index (χ3n) is 4.31. The van der Waals surface area contributed by atoms with Gasteiger partial charge < -0.3 is 9.80 Å². The Bertz CT molecular complexity index is 783. The summed E-state index contributed by atoms with van der Waals surface area (Å²) in [6.07, 6.45) is 9.83. The van der Waals surface area contributed by atoms with Crippen LogP contribution in [-0.4, -0.2) is 47.2 Å². The number of anilines is 2. The Balaban J connectivity index is 0.000000261. The van der Waals surface area contributed by atoms with E-state index >= 15 is 0 Å². The van der Waals surface area contributed by atoms with Crippen molar-refractivity contribution in [3.63, 3.8) is 0 Å². The number of halogens is 2. The molecule has 3 heterocycles. The number of aromatic nitrogens is 2. The summed E-state index contributed by atoms with van der Waals surface area (Å²) in [4.78, 5) is 23.0. The van der Waals surface area contributed by atoms with Crippen LogP contribution in [0.5, 0.6) is 0 Å². The van der Waals surface area contributed by atoms with Gasteiger partial charge in [0.1, 0.15) is 5.82 Å². The second-order valence-electron chi connectivity index (χ2n) is 6.80. The molecule has 0 aliphatic carbocycles. The Morgan fingerprint density at radius 1 is 1.18 bits per heavy atom. The average molecular weight is 388 g/mol. The highest BCUT2D eigenvalue weighted by Gasteiger charge is 2.32. The number of likely N-dealkylation sites (tertiary alicyclic amines) is 1. The highest BCUT2D eigenvalue weighted by Crippen LogP contribution is 2.26. The number of piperidine rings is 1. The Labute approximate surface area is 164 Å². The molecule has 0 bridgehead atoms. The van der Waals surface area contributed by atoms with Crippen molar-refractivity contribution in [3.8, 4) is 0 Å². The normalized spacial score (nSPS) is 16.3. The van der Waals surface area contributed by atoms with Crippen LogP contribution in [0.15, 0.2) is 49.1 Å². The van der Waals surface area contributed by atoms with Gasteiger partial charge in [-0.25, -0.2) is 13.8 Å². The summed E-state index contributed by atoms with van der Waals surface area (Å²) < 4.78 is 24.7. The number of nitrogens with zero attached hydrogens (tertiary/aromatic N) is 4. The van der Waals surface area contributed by atoms with Crippen LogP contribution in [0, 0.1) is 6.92 Å². The third kappa shape index (κ3) is 6.49. The predicted octanol–water partition coefficient (Wildman–Crippen LogP) is 4.62. The van der Waals surface area contributed by atoms with Crippen LogP contribution < -0.4 is 4.90 Å². The Kier molecular flexibility index (Phi) is 7.75. The lowest BCUT2D eigenvalue weighted by Crippen LogP contribution is -2.36. The maximum atomic E-state index is 12.4. The van der Waals surface area contributed by atoms with Gasteiger partial charge in [0.15, 0.2) is 6.29 Å². The van der Waals surface area contributed by atoms with E-state index in [0.29, 0.717) is 18.7 Å². The molecule has 1 aliphatic heterocycles. The first-order valence-electron chi connectivity index (χ1n) is 9.16. The van der Waals surface area contributed by atoms with Crippen LogP contribution in [0.1, 0.15) is 35.7 Å². The molecule has 0 unspecified atom stereocenters. The first-order chi connectivity index (χ1) is 13.3. The fourth-order valence-corrected chi connectivity index (χ4v) is 2.67. The van der Waals surface area contributed by atoms with E-state index in [-0.39, 0.29) is 12.8 Å². The van der Waals surface area contributed by atoms with Gasteiger partial charge >= 0.3 is 0 Å². The minimum atomic E-state index is -2.38. The molecule has 1 aliphatic rings. The lowest BCUT2D eigenvalue weighted by atomic mass is 10.1. The standard InChI is InChI=1S/C15H15N3O.C6H11F2N/c1-3-6-18(14-7-12(2)8-16-10-14)15-5-4-13(11-19)9-17-15;1-9-4-2-6(7,8)3-5-9/h3-11H,1-2H3;2-5H2,1H3/b6-3-;. The Morgan fingerprint density at radius 2 is 1.89 bits per heavy atom.